The summed E-state index contributed by atoms with van der Waals surface area (Å²) in [6, 6.07) is 11.5. The Bertz CT molecular complexity index is 555. The monoisotopic (exact) mass is 269 g/mol. The second-order valence-corrected chi connectivity index (χ2v) is 5.86. The molecule has 0 bridgehead atoms. The van der Waals surface area contributed by atoms with Crippen molar-refractivity contribution in [1.29, 1.82) is 0 Å². The van der Waals surface area contributed by atoms with Crippen molar-refractivity contribution in [3.63, 3.8) is 0 Å². The van der Waals surface area contributed by atoms with E-state index < -0.39 is 0 Å². The molecule has 1 heterocycles. The summed E-state index contributed by atoms with van der Waals surface area (Å²) in [5.41, 5.74) is 3.13. The Kier molecular flexibility index (Phi) is 3.62. The summed E-state index contributed by atoms with van der Waals surface area (Å²) in [4.78, 5) is 0. The van der Waals surface area contributed by atoms with Gasteiger partial charge in [0.1, 0.15) is 0 Å². The summed E-state index contributed by atoms with van der Waals surface area (Å²) < 4.78 is 1.89. The number of likely N-dealkylation sites (N-methyl/N-ethyl adjacent to an activating group) is 1. The lowest BCUT2D eigenvalue weighted by atomic mass is 9.85. The highest BCUT2D eigenvalue weighted by Crippen LogP contribution is 2.51. The van der Waals surface area contributed by atoms with Gasteiger partial charge in [-0.05, 0) is 36.9 Å². The maximum Gasteiger partial charge on any atom is 0.0522 e. The fourth-order valence-electron chi connectivity index (χ4n) is 3.27. The molecule has 0 radical (unpaired) electrons. The van der Waals surface area contributed by atoms with Gasteiger partial charge in [-0.25, -0.2) is 0 Å². The summed E-state index contributed by atoms with van der Waals surface area (Å²) in [5.74, 6) is 0. The second-order valence-electron chi connectivity index (χ2n) is 5.86. The van der Waals surface area contributed by atoms with Crippen LogP contribution in [0.2, 0.25) is 0 Å². The number of rotatable bonds is 6. The molecule has 2 aromatic rings. The van der Waals surface area contributed by atoms with Crippen LogP contribution in [0.1, 0.15) is 30.9 Å². The maximum absolute atomic E-state index is 4.29. The van der Waals surface area contributed by atoms with Crippen LogP contribution in [0, 0.1) is 0 Å². The standard InChI is InChI=1S/C17H23N3/c1-3-18-16(11-14-12-19-20(2)13-14)17(9-10-17)15-7-5-4-6-8-15/h4-8,12-13,16,18H,3,9-11H2,1-2H3. The summed E-state index contributed by atoms with van der Waals surface area (Å²) >= 11 is 0. The average molecular weight is 269 g/mol. The van der Waals surface area contributed by atoms with E-state index >= 15 is 0 Å². The van der Waals surface area contributed by atoms with E-state index in [4.69, 9.17) is 0 Å². The molecule has 1 aromatic carbocycles. The zero-order chi connectivity index (χ0) is 14.0. The van der Waals surface area contributed by atoms with Gasteiger partial charge in [0.2, 0.25) is 0 Å². The minimum atomic E-state index is 0.326. The summed E-state index contributed by atoms with van der Waals surface area (Å²) in [7, 11) is 1.98. The van der Waals surface area contributed by atoms with Crippen molar-refractivity contribution >= 4 is 0 Å². The molecule has 1 aliphatic rings. The van der Waals surface area contributed by atoms with Crippen molar-refractivity contribution in [1.82, 2.24) is 15.1 Å². The van der Waals surface area contributed by atoms with Crippen LogP contribution in [0.3, 0.4) is 0 Å². The smallest absolute Gasteiger partial charge is 0.0522 e. The Hall–Kier alpha value is -1.61. The highest BCUT2D eigenvalue weighted by Gasteiger charge is 2.50. The van der Waals surface area contributed by atoms with Crippen LogP contribution in [0.5, 0.6) is 0 Å². The minimum Gasteiger partial charge on any atom is -0.313 e. The Morgan fingerprint density at radius 1 is 1.30 bits per heavy atom. The lowest BCUT2D eigenvalue weighted by Crippen LogP contribution is -2.41. The molecular formula is C17H23N3. The number of hydrogen-bond acceptors (Lipinski definition) is 2. The summed E-state index contributed by atoms with van der Waals surface area (Å²) in [6.07, 6.45) is 7.75. The number of hydrogen-bond donors (Lipinski definition) is 1. The van der Waals surface area contributed by atoms with Gasteiger partial charge in [-0.2, -0.15) is 5.10 Å². The third kappa shape index (κ3) is 2.50. The van der Waals surface area contributed by atoms with Gasteiger partial charge >= 0.3 is 0 Å². The van der Waals surface area contributed by atoms with Crippen molar-refractivity contribution in [2.45, 2.75) is 37.6 Å². The molecule has 3 nitrogen and oxygen atoms in total. The highest BCUT2D eigenvalue weighted by molar-refractivity contribution is 5.34. The summed E-state index contributed by atoms with van der Waals surface area (Å²) in [5, 5.41) is 8.00. The van der Waals surface area contributed by atoms with E-state index in [9.17, 15) is 0 Å². The van der Waals surface area contributed by atoms with Crippen LogP contribution < -0.4 is 5.32 Å². The van der Waals surface area contributed by atoms with Gasteiger partial charge in [0.25, 0.3) is 0 Å². The van der Waals surface area contributed by atoms with Crippen LogP contribution >= 0.6 is 0 Å². The van der Waals surface area contributed by atoms with E-state index in [1.807, 2.05) is 17.9 Å². The number of aryl methyl sites for hydroxylation is 1. The first-order valence-electron chi connectivity index (χ1n) is 7.51. The molecule has 0 saturated heterocycles. The van der Waals surface area contributed by atoms with E-state index in [2.05, 4.69) is 53.9 Å². The molecule has 3 heteroatoms. The van der Waals surface area contributed by atoms with Crippen molar-refractivity contribution in [3.05, 3.63) is 53.9 Å². The molecule has 106 valence electrons. The van der Waals surface area contributed by atoms with Crippen LogP contribution in [0.4, 0.5) is 0 Å². The largest absolute Gasteiger partial charge is 0.313 e. The highest BCUT2D eigenvalue weighted by atomic mass is 15.2. The fraction of sp³-hybridized carbons (Fsp3) is 0.471. The van der Waals surface area contributed by atoms with Crippen molar-refractivity contribution in [2.75, 3.05) is 6.54 Å². The molecule has 1 fully saturated rings. The molecule has 0 spiro atoms. The number of nitrogens with one attached hydrogen (secondary N) is 1. The second kappa shape index (κ2) is 5.41. The molecule has 3 rings (SSSR count). The Labute approximate surface area is 121 Å². The first-order valence-corrected chi connectivity index (χ1v) is 7.51. The molecule has 1 unspecified atom stereocenters. The molecular weight excluding hydrogens is 246 g/mol. The van der Waals surface area contributed by atoms with Gasteiger partial charge in [0, 0.05) is 24.7 Å². The first-order chi connectivity index (χ1) is 9.74. The van der Waals surface area contributed by atoms with E-state index in [1.54, 1.807) is 0 Å². The molecule has 1 aliphatic carbocycles. The van der Waals surface area contributed by atoms with Crippen LogP contribution in [0.15, 0.2) is 42.7 Å². The fourth-order valence-corrected chi connectivity index (χ4v) is 3.27. The quantitative estimate of drug-likeness (QED) is 0.874. The zero-order valence-corrected chi connectivity index (χ0v) is 12.3. The third-order valence-corrected chi connectivity index (χ3v) is 4.45. The van der Waals surface area contributed by atoms with E-state index in [-0.39, 0.29) is 0 Å². The van der Waals surface area contributed by atoms with Crippen LogP contribution in [-0.2, 0) is 18.9 Å². The van der Waals surface area contributed by atoms with E-state index in [1.165, 1.54) is 24.0 Å². The van der Waals surface area contributed by atoms with Gasteiger partial charge < -0.3 is 5.32 Å². The molecule has 0 amide bonds. The zero-order valence-electron chi connectivity index (χ0n) is 12.3. The normalized spacial score (nSPS) is 17.9. The molecule has 1 saturated carbocycles. The molecule has 1 N–H and O–H groups in total. The van der Waals surface area contributed by atoms with Gasteiger partial charge in [0.05, 0.1) is 6.20 Å². The number of nitrogens with zero attached hydrogens (tertiary/aromatic N) is 2. The van der Waals surface area contributed by atoms with Crippen LogP contribution in [-0.4, -0.2) is 22.4 Å². The predicted octanol–water partition coefficient (Wildman–Crippen LogP) is 2.67. The van der Waals surface area contributed by atoms with E-state index in [0.29, 0.717) is 11.5 Å². The number of benzene rings is 1. The molecule has 20 heavy (non-hydrogen) atoms. The third-order valence-electron chi connectivity index (χ3n) is 4.45. The van der Waals surface area contributed by atoms with Gasteiger partial charge in [0.15, 0.2) is 0 Å². The maximum atomic E-state index is 4.29. The van der Waals surface area contributed by atoms with Crippen molar-refractivity contribution < 1.29 is 0 Å². The topological polar surface area (TPSA) is 29.9 Å². The van der Waals surface area contributed by atoms with Gasteiger partial charge in [-0.15, -0.1) is 0 Å². The lowest BCUT2D eigenvalue weighted by Gasteiger charge is -2.28. The van der Waals surface area contributed by atoms with Crippen molar-refractivity contribution in [2.24, 2.45) is 7.05 Å². The van der Waals surface area contributed by atoms with Crippen molar-refractivity contribution in [3.8, 4) is 0 Å². The van der Waals surface area contributed by atoms with Crippen LogP contribution in [0.25, 0.3) is 0 Å². The Morgan fingerprint density at radius 2 is 2.05 bits per heavy atom. The average Bonchev–Trinajstić information content (AvgIpc) is 3.18. The first kappa shape index (κ1) is 13.4. The Morgan fingerprint density at radius 3 is 2.60 bits per heavy atom. The van der Waals surface area contributed by atoms with E-state index in [0.717, 1.165) is 13.0 Å². The Balaban J connectivity index is 1.83. The van der Waals surface area contributed by atoms with Gasteiger partial charge in [-0.3, -0.25) is 4.68 Å². The minimum absolute atomic E-state index is 0.326. The SMILES string of the molecule is CCNC(Cc1cnn(C)c1)C1(c2ccccc2)CC1. The number of aromatic nitrogens is 2. The molecule has 1 atom stereocenters. The predicted molar refractivity (Wildman–Crippen MR) is 81.7 cm³/mol. The summed E-state index contributed by atoms with van der Waals surface area (Å²) in [6.45, 7) is 3.21. The molecule has 0 aliphatic heterocycles. The molecule has 1 aromatic heterocycles. The lowest BCUT2D eigenvalue weighted by molar-refractivity contribution is 0.421. The van der Waals surface area contributed by atoms with Gasteiger partial charge in [-0.1, -0.05) is 37.3 Å².